The molecule has 90 valence electrons. The number of ether oxygens (including phenoxy) is 1. The van der Waals surface area contributed by atoms with E-state index in [-0.39, 0.29) is 0 Å². The average Bonchev–Trinajstić information content (AvgIpc) is 2.30. The normalized spacial score (nSPS) is 9.89. The zero-order valence-electron chi connectivity index (χ0n) is 10.2. The lowest BCUT2D eigenvalue weighted by molar-refractivity contribution is 0.480. The van der Waals surface area contributed by atoms with Crippen LogP contribution < -0.4 is 4.74 Å². The Balaban J connectivity index is 2.37. The molecule has 0 aliphatic carbocycles. The van der Waals surface area contributed by atoms with Crippen molar-refractivity contribution in [2.24, 2.45) is 0 Å². The van der Waals surface area contributed by atoms with E-state index in [0.717, 1.165) is 21.3 Å². The predicted octanol–water partition coefficient (Wildman–Crippen LogP) is 4.73. The Kier molecular flexibility index (Phi) is 3.69. The highest BCUT2D eigenvalue weighted by molar-refractivity contribution is 9.10. The molecule has 0 amide bonds. The maximum atomic E-state index is 9.08. The van der Waals surface area contributed by atoms with Crippen molar-refractivity contribution in [3.63, 3.8) is 0 Å². The molecule has 0 N–H and O–H groups in total. The summed E-state index contributed by atoms with van der Waals surface area (Å²) in [5, 5.41) is 9.08. The minimum Gasteiger partial charge on any atom is -0.456 e. The van der Waals surface area contributed by atoms with Gasteiger partial charge in [0.1, 0.15) is 17.6 Å². The molecule has 3 heteroatoms. The summed E-state index contributed by atoms with van der Waals surface area (Å²) in [6, 6.07) is 13.5. The van der Waals surface area contributed by atoms with E-state index >= 15 is 0 Å². The Morgan fingerprint density at radius 3 is 2.33 bits per heavy atom. The smallest absolute Gasteiger partial charge is 0.145 e. The van der Waals surface area contributed by atoms with Gasteiger partial charge in [0.25, 0.3) is 0 Å². The zero-order chi connectivity index (χ0) is 13.1. The Bertz CT molecular complexity index is 609. The van der Waals surface area contributed by atoms with E-state index in [4.69, 9.17) is 10.00 Å². The van der Waals surface area contributed by atoms with Crippen LogP contribution in [0, 0.1) is 25.2 Å². The topological polar surface area (TPSA) is 33.0 Å². The Labute approximate surface area is 115 Å². The van der Waals surface area contributed by atoms with Crippen molar-refractivity contribution in [3.05, 3.63) is 57.6 Å². The molecule has 0 heterocycles. The molecule has 0 aromatic heterocycles. The maximum Gasteiger partial charge on any atom is 0.145 e. The summed E-state index contributed by atoms with van der Waals surface area (Å²) in [4.78, 5) is 0. The minimum absolute atomic E-state index is 0.517. The Hall–Kier alpha value is -1.79. The highest BCUT2D eigenvalue weighted by Gasteiger charge is 2.06. The van der Waals surface area contributed by atoms with Crippen molar-refractivity contribution >= 4 is 15.9 Å². The van der Waals surface area contributed by atoms with Gasteiger partial charge in [-0.25, -0.2) is 0 Å². The van der Waals surface area contributed by atoms with Gasteiger partial charge in [-0.1, -0.05) is 22.0 Å². The van der Waals surface area contributed by atoms with E-state index in [1.807, 2.05) is 32.0 Å². The number of benzene rings is 2. The van der Waals surface area contributed by atoms with E-state index in [1.54, 1.807) is 12.1 Å². The quantitative estimate of drug-likeness (QED) is 0.803. The molecule has 0 radical (unpaired) electrons. The van der Waals surface area contributed by atoms with Crippen LogP contribution in [0.3, 0.4) is 0 Å². The summed E-state index contributed by atoms with van der Waals surface area (Å²) >= 11 is 3.34. The molecule has 0 saturated carbocycles. The van der Waals surface area contributed by atoms with Gasteiger partial charge in [-0.05, 0) is 55.3 Å². The molecule has 0 aliphatic rings. The third kappa shape index (κ3) is 2.91. The Morgan fingerprint density at radius 1 is 1.06 bits per heavy atom. The highest BCUT2D eigenvalue weighted by Crippen LogP contribution is 2.28. The van der Waals surface area contributed by atoms with Crippen molar-refractivity contribution in [2.75, 3.05) is 0 Å². The van der Waals surface area contributed by atoms with Crippen LogP contribution in [-0.2, 0) is 0 Å². The average molecular weight is 302 g/mol. The van der Waals surface area contributed by atoms with Crippen LogP contribution in [0.5, 0.6) is 11.5 Å². The maximum absolute atomic E-state index is 9.08. The van der Waals surface area contributed by atoms with E-state index < -0.39 is 0 Å². The summed E-state index contributed by atoms with van der Waals surface area (Å²) < 4.78 is 6.64. The van der Waals surface area contributed by atoms with Gasteiger partial charge in [-0.15, -0.1) is 0 Å². The van der Waals surface area contributed by atoms with Crippen LogP contribution in [0.1, 0.15) is 16.7 Å². The van der Waals surface area contributed by atoms with E-state index in [9.17, 15) is 0 Å². The monoisotopic (exact) mass is 301 g/mol. The first-order valence-corrected chi connectivity index (χ1v) is 6.33. The molecule has 2 aromatic rings. The summed E-state index contributed by atoms with van der Waals surface area (Å²) in [6.07, 6.45) is 0. The zero-order valence-corrected chi connectivity index (χ0v) is 11.8. The van der Waals surface area contributed by atoms with Crippen LogP contribution in [0.4, 0.5) is 0 Å². The molecule has 0 atom stereocenters. The second-order valence-electron chi connectivity index (χ2n) is 4.18. The second kappa shape index (κ2) is 5.24. The van der Waals surface area contributed by atoms with Gasteiger partial charge in [0.15, 0.2) is 0 Å². The number of nitrogens with zero attached hydrogens (tertiary/aromatic N) is 1. The lowest BCUT2D eigenvalue weighted by atomic mass is 10.1. The van der Waals surface area contributed by atoms with Gasteiger partial charge in [0, 0.05) is 4.47 Å². The van der Waals surface area contributed by atoms with Gasteiger partial charge in [-0.2, -0.15) is 5.26 Å². The van der Waals surface area contributed by atoms with E-state index in [0.29, 0.717) is 11.3 Å². The number of halogens is 1. The molecular weight excluding hydrogens is 290 g/mol. The molecule has 2 nitrogen and oxygen atoms in total. The predicted molar refractivity (Wildman–Crippen MR) is 74.8 cm³/mol. The van der Waals surface area contributed by atoms with Gasteiger partial charge >= 0.3 is 0 Å². The molecule has 0 aliphatic heterocycles. The fraction of sp³-hybridized carbons (Fsp3) is 0.133. The number of hydrogen-bond donors (Lipinski definition) is 0. The van der Waals surface area contributed by atoms with Crippen molar-refractivity contribution in [3.8, 4) is 17.6 Å². The molecule has 0 saturated heterocycles. The Morgan fingerprint density at radius 2 is 1.72 bits per heavy atom. The molecular formula is C15H12BrNO. The van der Waals surface area contributed by atoms with Crippen LogP contribution in [0.15, 0.2) is 40.9 Å². The van der Waals surface area contributed by atoms with Crippen LogP contribution in [0.2, 0.25) is 0 Å². The number of aryl methyl sites for hydroxylation is 2. The van der Waals surface area contributed by atoms with Crippen molar-refractivity contribution in [1.29, 1.82) is 5.26 Å². The SMILES string of the molecule is Cc1cc(C)cc(Oc2ccc(Br)cc2C#N)c1. The number of hydrogen-bond acceptors (Lipinski definition) is 2. The fourth-order valence-corrected chi connectivity index (χ4v) is 2.16. The van der Waals surface area contributed by atoms with Crippen LogP contribution >= 0.6 is 15.9 Å². The fourth-order valence-electron chi connectivity index (χ4n) is 1.80. The van der Waals surface area contributed by atoms with Gasteiger partial charge in [0.05, 0.1) is 5.56 Å². The summed E-state index contributed by atoms with van der Waals surface area (Å²) in [5.41, 5.74) is 2.80. The standard InChI is InChI=1S/C15H12BrNO/c1-10-5-11(2)7-14(6-10)18-15-4-3-13(16)8-12(15)9-17/h3-8H,1-2H3. The lowest BCUT2D eigenvalue weighted by Gasteiger charge is -2.09. The lowest BCUT2D eigenvalue weighted by Crippen LogP contribution is -1.90. The first-order chi connectivity index (χ1) is 8.58. The van der Waals surface area contributed by atoms with Gasteiger partial charge < -0.3 is 4.74 Å². The minimum atomic E-state index is 0.517. The molecule has 2 aromatic carbocycles. The largest absolute Gasteiger partial charge is 0.456 e. The van der Waals surface area contributed by atoms with Crippen molar-refractivity contribution < 1.29 is 4.74 Å². The van der Waals surface area contributed by atoms with E-state index in [1.165, 1.54) is 0 Å². The van der Waals surface area contributed by atoms with Crippen molar-refractivity contribution in [2.45, 2.75) is 13.8 Å². The molecule has 2 rings (SSSR count). The van der Waals surface area contributed by atoms with E-state index in [2.05, 4.69) is 28.1 Å². The first kappa shape index (κ1) is 12.7. The van der Waals surface area contributed by atoms with Gasteiger partial charge in [-0.3, -0.25) is 0 Å². The van der Waals surface area contributed by atoms with Crippen molar-refractivity contribution in [1.82, 2.24) is 0 Å². The number of nitriles is 1. The van der Waals surface area contributed by atoms with Crippen LogP contribution in [0.25, 0.3) is 0 Å². The second-order valence-corrected chi connectivity index (χ2v) is 5.09. The highest BCUT2D eigenvalue weighted by atomic mass is 79.9. The summed E-state index contributed by atoms with van der Waals surface area (Å²) in [6.45, 7) is 4.04. The molecule has 0 fully saturated rings. The summed E-state index contributed by atoms with van der Waals surface area (Å²) in [7, 11) is 0. The van der Waals surface area contributed by atoms with Crippen LogP contribution in [-0.4, -0.2) is 0 Å². The summed E-state index contributed by atoms with van der Waals surface area (Å²) in [5.74, 6) is 1.33. The first-order valence-electron chi connectivity index (χ1n) is 5.54. The third-order valence-electron chi connectivity index (χ3n) is 2.49. The molecule has 18 heavy (non-hydrogen) atoms. The van der Waals surface area contributed by atoms with Gasteiger partial charge in [0.2, 0.25) is 0 Å². The molecule has 0 spiro atoms. The molecule has 0 bridgehead atoms. The number of rotatable bonds is 2. The third-order valence-corrected chi connectivity index (χ3v) is 2.98. The molecule has 0 unspecified atom stereocenters.